The van der Waals surface area contributed by atoms with Gasteiger partial charge in [0.25, 0.3) is 5.91 Å². The number of rotatable bonds is 3. The Labute approximate surface area is 136 Å². The molecule has 0 bridgehead atoms. The van der Waals surface area contributed by atoms with Crippen LogP contribution in [0.25, 0.3) is 0 Å². The number of amides is 1. The Morgan fingerprint density at radius 3 is 2.78 bits per heavy atom. The minimum atomic E-state index is -0.173. The second-order valence-corrected chi connectivity index (χ2v) is 5.73. The van der Waals surface area contributed by atoms with E-state index < -0.39 is 0 Å². The summed E-state index contributed by atoms with van der Waals surface area (Å²) in [6, 6.07) is 14.0. The fraction of sp³-hybridized carbons (Fsp3) is 0.333. The van der Waals surface area contributed by atoms with Crippen LogP contribution in [0.5, 0.6) is 0 Å². The first-order valence-corrected chi connectivity index (χ1v) is 7.81. The zero-order chi connectivity index (χ0) is 16.2. The van der Waals surface area contributed by atoms with E-state index in [1.165, 1.54) is 5.56 Å². The molecule has 120 valence electrons. The number of aromatic nitrogens is 1. The number of ether oxygens (including phenoxy) is 1. The van der Waals surface area contributed by atoms with Gasteiger partial charge in [-0.15, -0.1) is 0 Å². The topological polar surface area (TPSA) is 54.5 Å². The lowest BCUT2D eigenvalue weighted by molar-refractivity contribution is -0.0173. The summed E-state index contributed by atoms with van der Waals surface area (Å²) < 4.78 is 6.09. The zero-order valence-corrected chi connectivity index (χ0v) is 13.4. The molecule has 1 saturated heterocycles. The second-order valence-electron chi connectivity index (χ2n) is 5.73. The number of nitrogens with one attached hydrogen (secondary N) is 1. The van der Waals surface area contributed by atoms with Crippen LogP contribution in [0.2, 0.25) is 0 Å². The number of benzene rings is 1. The first-order chi connectivity index (χ1) is 11.2. The molecule has 1 N–H and O–H groups in total. The van der Waals surface area contributed by atoms with Gasteiger partial charge in [0, 0.05) is 32.0 Å². The maximum atomic E-state index is 11.8. The Morgan fingerprint density at radius 2 is 2.04 bits per heavy atom. The summed E-state index contributed by atoms with van der Waals surface area (Å²) in [5, 5.41) is 2.61. The molecule has 0 aliphatic carbocycles. The zero-order valence-electron chi connectivity index (χ0n) is 13.4. The summed E-state index contributed by atoms with van der Waals surface area (Å²) >= 11 is 0. The van der Waals surface area contributed by atoms with E-state index in [0.717, 1.165) is 18.8 Å². The Bertz CT molecular complexity index is 675. The van der Waals surface area contributed by atoms with Gasteiger partial charge >= 0.3 is 0 Å². The van der Waals surface area contributed by atoms with Gasteiger partial charge in [-0.1, -0.05) is 30.3 Å². The smallest absolute Gasteiger partial charge is 0.269 e. The van der Waals surface area contributed by atoms with Gasteiger partial charge in [-0.25, -0.2) is 0 Å². The van der Waals surface area contributed by atoms with Crippen LogP contribution in [-0.4, -0.2) is 37.1 Å². The fourth-order valence-electron chi connectivity index (χ4n) is 2.88. The van der Waals surface area contributed by atoms with E-state index in [-0.39, 0.29) is 18.1 Å². The minimum absolute atomic E-state index is 0.0246. The monoisotopic (exact) mass is 311 g/mol. The molecule has 1 aromatic heterocycles. The van der Waals surface area contributed by atoms with Gasteiger partial charge in [-0.05, 0) is 24.6 Å². The lowest BCUT2D eigenvalue weighted by Gasteiger charge is -2.38. The molecule has 1 aliphatic heterocycles. The molecule has 0 spiro atoms. The molecule has 1 amide bonds. The van der Waals surface area contributed by atoms with E-state index in [1.54, 1.807) is 13.2 Å². The summed E-state index contributed by atoms with van der Waals surface area (Å²) in [4.78, 5) is 18.2. The second kappa shape index (κ2) is 6.79. The standard InChI is InChI=1S/C18H21N3O2/c1-13-11-21(12-17(23-13)14-6-4-3-5-7-14)15-8-9-20-16(10-15)18(22)19-2/h3-10,13,17H,11-12H2,1-2H3,(H,19,22). The SMILES string of the molecule is CNC(=O)c1cc(N2CC(C)OC(c3ccccc3)C2)ccn1. The number of carbonyl (C=O) groups is 1. The molecular weight excluding hydrogens is 290 g/mol. The molecular formula is C18H21N3O2. The Hall–Kier alpha value is -2.40. The van der Waals surface area contributed by atoms with Gasteiger partial charge in [0.1, 0.15) is 11.8 Å². The average Bonchev–Trinajstić information content (AvgIpc) is 2.61. The fourth-order valence-corrected chi connectivity index (χ4v) is 2.88. The van der Waals surface area contributed by atoms with Gasteiger partial charge in [0.2, 0.25) is 0 Å². The molecule has 2 aromatic rings. The van der Waals surface area contributed by atoms with Crippen LogP contribution >= 0.6 is 0 Å². The lowest BCUT2D eigenvalue weighted by atomic mass is 10.1. The first-order valence-electron chi connectivity index (χ1n) is 7.81. The molecule has 1 aromatic carbocycles. The van der Waals surface area contributed by atoms with Crippen molar-refractivity contribution >= 4 is 11.6 Å². The summed E-state index contributed by atoms with van der Waals surface area (Å²) in [6.45, 7) is 3.62. The van der Waals surface area contributed by atoms with Crippen molar-refractivity contribution in [2.45, 2.75) is 19.1 Å². The number of morpholine rings is 1. The molecule has 1 aliphatic rings. The molecule has 5 heteroatoms. The third-order valence-corrected chi connectivity index (χ3v) is 4.00. The van der Waals surface area contributed by atoms with Crippen LogP contribution in [0.3, 0.4) is 0 Å². The van der Waals surface area contributed by atoms with E-state index >= 15 is 0 Å². The number of hydrogen-bond acceptors (Lipinski definition) is 4. The number of anilines is 1. The van der Waals surface area contributed by atoms with E-state index in [4.69, 9.17) is 4.74 Å². The highest BCUT2D eigenvalue weighted by Crippen LogP contribution is 2.28. The van der Waals surface area contributed by atoms with Gasteiger partial charge in [-0.2, -0.15) is 0 Å². The van der Waals surface area contributed by atoms with Crippen LogP contribution in [0.15, 0.2) is 48.7 Å². The van der Waals surface area contributed by atoms with Crippen LogP contribution in [0.1, 0.15) is 29.1 Å². The van der Waals surface area contributed by atoms with Crippen molar-refractivity contribution in [1.82, 2.24) is 10.3 Å². The molecule has 0 saturated carbocycles. The predicted molar refractivity (Wildman–Crippen MR) is 89.6 cm³/mol. The maximum absolute atomic E-state index is 11.8. The van der Waals surface area contributed by atoms with Crippen molar-refractivity contribution in [3.05, 3.63) is 59.9 Å². The number of nitrogens with zero attached hydrogens (tertiary/aromatic N) is 2. The molecule has 5 nitrogen and oxygen atoms in total. The number of pyridine rings is 1. The van der Waals surface area contributed by atoms with E-state index in [2.05, 4.69) is 34.3 Å². The minimum Gasteiger partial charge on any atom is -0.367 e. The van der Waals surface area contributed by atoms with Crippen LogP contribution < -0.4 is 10.2 Å². The van der Waals surface area contributed by atoms with Crippen molar-refractivity contribution in [3.8, 4) is 0 Å². The molecule has 2 unspecified atom stereocenters. The Kier molecular flexibility index (Phi) is 4.57. The molecule has 23 heavy (non-hydrogen) atoms. The summed E-state index contributed by atoms with van der Waals surface area (Å²) in [7, 11) is 1.61. The van der Waals surface area contributed by atoms with E-state index in [0.29, 0.717) is 5.69 Å². The molecule has 1 fully saturated rings. The van der Waals surface area contributed by atoms with Crippen molar-refractivity contribution < 1.29 is 9.53 Å². The molecule has 2 atom stereocenters. The van der Waals surface area contributed by atoms with Gasteiger partial charge in [-0.3, -0.25) is 9.78 Å². The highest BCUT2D eigenvalue weighted by atomic mass is 16.5. The first kappa shape index (κ1) is 15.5. The predicted octanol–water partition coefficient (Wildman–Crippen LogP) is 2.41. The van der Waals surface area contributed by atoms with E-state index in [9.17, 15) is 4.79 Å². The van der Waals surface area contributed by atoms with Crippen molar-refractivity contribution in [2.75, 3.05) is 25.0 Å². The Morgan fingerprint density at radius 1 is 1.26 bits per heavy atom. The molecule has 3 rings (SSSR count). The van der Waals surface area contributed by atoms with E-state index in [1.807, 2.05) is 30.3 Å². The summed E-state index contributed by atoms with van der Waals surface area (Å²) in [5.41, 5.74) is 2.60. The van der Waals surface area contributed by atoms with Crippen molar-refractivity contribution in [3.63, 3.8) is 0 Å². The van der Waals surface area contributed by atoms with Crippen LogP contribution in [0.4, 0.5) is 5.69 Å². The highest BCUT2D eigenvalue weighted by molar-refractivity contribution is 5.92. The van der Waals surface area contributed by atoms with Crippen LogP contribution in [-0.2, 0) is 4.74 Å². The largest absolute Gasteiger partial charge is 0.367 e. The third-order valence-electron chi connectivity index (χ3n) is 4.00. The summed E-state index contributed by atoms with van der Waals surface area (Å²) in [5.74, 6) is -0.173. The summed E-state index contributed by atoms with van der Waals surface area (Å²) in [6.07, 6.45) is 1.82. The Balaban J connectivity index is 1.83. The molecule has 0 radical (unpaired) electrons. The quantitative estimate of drug-likeness (QED) is 0.946. The van der Waals surface area contributed by atoms with Crippen LogP contribution in [0, 0.1) is 0 Å². The average molecular weight is 311 g/mol. The molecule has 2 heterocycles. The highest BCUT2D eigenvalue weighted by Gasteiger charge is 2.27. The van der Waals surface area contributed by atoms with Gasteiger partial charge in [0.05, 0.1) is 6.10 Å². The number of hydrogen-bond donors (Lipinski definition) is 1. The maximum Gasteiger partial charge on any atom is 0.269 e. The third kappa shape index (κ3) is 3.51. The van der Waals surface area contributed by atoms with Crippen molar-refractivity contribution in [1.29, 1.82) is 0 Å². The normalized spacial score (nSPS) is 21.0. The van der Waals surface area contributed by atoms with Gasteiger partial charge < -0.3 is 15.0 Å². The number of carbonyl (C=O) groups excluding carboxylic acids is 1. The van der Waals surface area contributed by atoms with Gasteiger partial charge in [0.15, 0.2) is 0 Å². The lowest BCUT2D eigenvalue weighted by Crippen LogP contribution is -2.43. The van der Waals surface area contributed by atoms with Crippen molar-refractivity contribution in [2.24, 2.45) is 0 Å².